The van der Waals surface area contributed by atoms with Gasteiger partial charge < -0.3 is 5.73 Å². The molecule has 2 nitrogen and oxygen atoms in total. The maximum absolute atomic E-state index is 13.5. The normalized spacial score (nSPS) is 11.9. The predicted molar refractivity (Wildman–Crippen MR) is 63.0 cm³/mol. The first kappa shape index (κ1) is 13.5. The Morgan fingerprint density at radius 1 is 1.41 bits per heavy atom. The molecule has 0 fully saturated rings. The van der Waals surface area contributed by atoms with Gasteiger partial charge in [-0.25, -0.2) is 8.78 Å². The summed E-state index contributed by atoms with van der Waals surface area (Å²) in [7, 11) is 0. The second-order valence-electron chi connectivity index (χ2n) is 3.50. The zero-order chi connectivity index (χ0) is 13.0. The molecule has 0 aliphatic heterocycles. The van der Waals surface area contributed by atoms with E-state index in [9.17, 15) is 8.78 Å². The fourth-order valence-corrected chi connectivity index (χ4v) is 1.54. The number of hydrogen-bond acceptors (Lipinski definition) is 2. The van der Waals surface area contributed by atoms with Crippen molar-refractivity contribution in [3.63, 3.8) is 0 Å². The fraction of sp³-hybridized carbons (Fsp3) is 0.250. The SMILES string of the molecule is CCC/C(C#N)=C(/N)c1cc(F)c(Cl)cc1F. The predicted octanol–water partition coefficient (Wildman–Crippen LogP) is 3.61. The minimum absolute atomic E-state index is 0.0394. The van der Waals surface area contributed by atoms with Crippen molar-refractivity contribution in [2.24, 2.45) is 5.73 Å². The third kappa shape index (κ3) is 2.95. The molecule has 17 heavy (non-hydrogen) atoms. The second kappa shape index (κ2) is 5.65. The van der Waals surface area contributed by atoms with E-state index in [1.165, 1.54) is 0 Å². The van der Waals surface area contributed by atoms with E-state index >= 15 is 0 Å². The van der Waals surface area contributed by atoms with Crippen molar-refractivity contribution in [1.29, 1.82) is 5.26 Å². The van der Waals surface area contributed by atoms with E-state index in [0.29, 0.717) is 12.8 Å². The molecule has 0 heterocycles. The molecule has 0 spiro atoms. The van der Waals surface area contributed by atoms with Gasteiger partial charge in [-0.2, -0.15) is 5.26 Å². The van der Waals surface area contributed by atoms with E-state index in [-0.39, 0.29) is 21.9 Å². The quantitative estimate of drug-likeness (QED) is 0.663. The molecule has 0 aromatic heterocycles. The fourth-order valence-electron chi connectivity index (χ4n) is 1.39. The molecule has 1 aromatic carbocycles. The van der Waals surface area contributed by atoms with Gasteiger partial charge in [-0.15, -0.1) is 0 Å². The summed E-state index contributed by atoms with van der Waals surface area (Å²) >= 11 is 5.43. The first-order chi connectivity index (χ1) is 8.01. The van der Waals surface area contributed by atoms with Crippen LogP contribution in [-0.4, -0.2) is 0 Å². The lowest BCUT2D eigenvalue weighted by molar-refractivity contribution is 0.597. The average molecular weight is 257 g/mol. The molecule has 0 amide bonds. The Labute approximate surface area is 103 Å². The number of rotatable bonds is 3. The van der Waals surface area contributed by atoms with Crippen LogP contribution in [0, 0.1) is 23.0 Å². The zero-order valence-corrected chi connectivity index (χ0v) is 9.98. The Hall–Kier alpha value is -1.60. The van der Waals surface area contributed by atoms with Crippen LogP contribution < -0.4 is 5.73 Å². The third-order valence-corrected chi connectivity index (χ3v) is 2.55. The summed E-state index contributed by atoms with van der Waals surface area (Å²) in [5.41, 5.74) is 5.74. The van der Waals surface area contributed by atoms with Crippen LogP contribution in [0.3, 0.4) is 0 Å². The Morgan fingerprint density at radius 3 is 2.59 bits per heavy atom. The summed E-state index contributed by atoms with van der Waals surface area (Å²) in [5, 5.41) is 8.56. The molecule has 2 N–H and O–H groups in total. The topological polar surface area (TPSA) is 49.8 Å². The summed E-state index contributed by atoms with van der Waals surface area (Å²) in [6.07, 6.45) is 1.12. The molecule has 0 radical (unpaired) electrons. The number of nitrogens with two attached hydrogens (primary N) is 1. The van der Waals surface area contributed by atoms with Crippen molar-refractivity contribution in [2.45, 2.75) is 19.8 Å². The number of hydrogen-bond donors (Lipinski definition) is 1. The minimum atomic E-state index is -0.764. The maximum Gasteiger partial charge on any atom is 0.142 e. The molecular weight excluding hydrogens is 246 g/mol. The van der Waals surface area contributed by atoms with E-state index in [1.54, 1.807) is 0 Å². The molecular formula is C12H11ClF2N2. The van der Waals surface area contributed by atoms with Crippen LogP contribution >= 0.6 is 11.6 Å². The lowest BCUT2D eigenvalue weighted by atomic mass is 10.0. The molecule has 0 unspecified atom stereocenters. The molecule has 1 aromatic rings. The molecule has 0 saturated carbocycles. The standard InChI is InChI=1S/C12H11ClF2N2/c1-2-3-7(6-16)12(17)8-4-11(15)9(13)5-10(8)14/h4-5H,2-3,17H2,1H3/b12-7-. The number of nitrogens with zero attached hydrogens (tertiary/aromatic N) is 1. The smallest absolute Gasteiger partial charge is 0.142 e. The van der Waals surface area contributed by atoms with Crippen LogP contribution in [0.25, 0.3) is 5.70 Å². The Morgan fingerprint density at radius 2 is 2.06 bits per heavy atom. The van der Waals surface area contributed by atoms with Gasteiger partial charge in [-0.1, -0.05) is 24.9 Å². The maximum atomic E-state index is 13.5. The average Bonchev–Trinajstić information content (AvgIpc) is 2.30. The first-order valence-corrected chi connectivity index (χ1v) is 5.42. The summed E-state index contributed by atoms with van der Waals surface area (Å²) in [6, 6.07) is 3.65. The van der Waals surface area contributed by atoms with Crippen LogP contribution in [0.1, 0.15) is 25.3 Å². The van der Waals surface area contributed by atoms with Gasteiger partial charge in [-0.3, -0.25) is 0 Å². The molecule has 0 aliphatic rings. The number of halogens is 3. The highest BCUT2D eigenvalue weighted by Crippen LogP contribution is 2.25. The molecule has 0 aliphatic carbocycles. The number of benzene rings is 1. The monoisotopic (exact) mass is 256 g/mol. The van der Waals surface area contributed by atoms with Gasteiger partial charge >= 0.3 is 0 Å². The van der Waals surface area contributed by atoms with Gasteiger partial charge in [0.15, 0.2) is 0 Å². The van der Waals surface area contributed by atoms with Gasteiger partial charge in [0.1, 0.15) is 11.6 Å². The lowest BCUT2D eigenvalue weighted by Crippen LogP contribution is -2.04. The number of nitriles is 1. The number of allylic oxidation sites excluding steroid dienone is 1. The minimum Gasteiger partial charge on any atom is -0.397 e. The van der Waals surface area contributed by atoms with Gasteiger partial charge in [0.2, 0.25) is 0 Å². The Kier molecular flexibility index (Phi) is 4.47. The summed E-state index contributed by atoms with van der Waals surface area (Å²) < 4.78 is 26.8. The van der Waals surface area contributed by atoms with Crippen LogP contribution in [0.15, 0.2) is 17.7 Å². The van der Waals surface area contributed by atoms with Gasteiger partial charge in [0.05, 0.1) is 22.4 Å². The van der Waals surface area contributed by atoms with Crippen molar-refractivity contribution < 1.29 is 8.78 Å². The summed E-state index contributed by atoms with van der Waals surface area (Å²) in [4.78, 5) is 0. The van der Waals surface area contributed by atoms with Crippen molar-refractivity contribution in [3.8, 4) is 6.07 Å². The van der Waals surface area contributed by atoms with Crippen molar-refractivity contribution >= 4 is 17.3 Å². The first-order valence-electron chi connectivity index (χ1n) is 5.04. The van der Waals surface area contributed by atoms with Crippen LogP contribution in [0.4, 0.5) is 8.78 Å². The van der Waals surface area contributed by atoms with Crippen molar-refractivity contribution in [3.05, 3.63) is 39.9 Å². The molecule has 0 bridgehead atoms. The van der Waals surface area contributed by atoms with Crippen LogP contribution in [0.2, 0.25) is 5.02 Å². The molecule has 90 valence electrons. The van der Waals surface area contributed by atoms with E-state index < -0.39 is 11.6 Å². The summed E-state index contributed by atoms with van der Waals surface area (Å²) in [6.45, 7) is 1.86. The second-order valence-corrected chi connectivity index (χ2v) is 3.91. The van der Waals surface area contributed by atoms with Crippen LogP contribution in [0.5, 0.6) is 0 Å². The Bertz CT molecular complexity index is 504. The highest BCUT2D eigenvalue weighted by Gasteiger charge is 2.13. The van der Waals surface area contributed by atoms with E-state index in [0.717, 1.165) is 12.1 Å². The largest absolute Gasteiger partial charge is 0.397 e. The van der Waals surface area contributed by atoms with E-state index in [4.69, 9.17) is 22.6 Å². The van der Waals surface area contributed by atoms with Gasteiger partial charge in [0.25, 0.3) is 0 Å². The van der Waals surface area contributed by atoms with Crippen molar-refractivity contribution in [2.75, 3.05) is 0 Å². The highest BCUT2D eigenvalue weighted by molar-refractivity contribution is 6.30. The van der Waals surface area contributed by atoms with E-state index in [1.807, 2.05) is 13.0 Å². The van der Waals surface area contributed by atoms with E-state index in [2.05, 4.69) is 0 Å². The van der Waals surface area contributed by atoms with Gasteiger partial charge in [-0.05, 0) is 18.6 Å². The Balaban J connectivity index is 3.34. The molecule has 0 atom stereocenters. The molecule has 1 rings (SSSR count). The van der Waals surface area contributed by atoms with Crippen LogP contribution in [-0.2, 0) is 0 Å². The molecule has 0 saturated heterocycles. The zero-order valence-electron chi connectivity index (χ0n) is 9.23. The summed E-state index contributed by atoms with van der Waals surface area (Å²) in [5.74, 6) is -1.50. The van der Waals surface area contributed by atoms with Crippen molar-refractivity contribution in [1.82, 2.24) is 0 Å². The van der Waals surface area contributed by atoms with Gasteiger partial charge in [0, 0.05) is 5.56 Å². The third-order valence-electron chi connectivity index (χ3n) is 2.26. The molecule has 5 heteroatoms. The lowest BCUT2D eigenvalue weighted by Gasteiger charge is -2.07. The highest BCUT2D eigenvalue weighted by atomic mass is 35.5.